The van der Waals surface area contributed by atoms with E-state index in [4.69, 9.17) is 14.2 Å². The van der Waals surface area contributed by atoms with Gasteiger partial charge in [0.2, 0.25) is 0 Å². The summed E-state index contributed by atoms with van der Waals surface area (Å²) in [5.74, 6) is 0.604. The molecule has 0 N–H and O–H groups in total. The van der Waals surface area contributed by atoms with E-state index in [1.54, 1.807) is 37.3 Å². The summed E-state index contributed by atoms with van der Waals surface area (Å²) in [5.41, 5.74) is 0. The van der Waals surface area contributed by atoms with Gasteiger partial charge in [0.15, 0.2) is 0 Å². The maximum atomic E-state index is 12.3. The number of esters is 2. The van der Waals surface area contributed by atoms with Crippen LogP contribution in [0.25, 0.3) is 0 Å². The second-order valence-electron chi connectivity index (χ2n) is 6.15. The van der Waals surface area contributed by atoms with Crippen molar-refractivity contribution in [1.82, 2.24) is 0 Å². The quantitative estimate of drug-likeness (QED) is 0.423. The first-order valence-electron chi connectivity index (χ1n) is 8.90. The number of ether oxygens (including phenoxy) is 3. The summed E-state index contributed by atoms with van der Waals surface area (Å²) in [6.07, 6.45) is 6.62. The van der Waals surface area contributed by atoms with Gasteiger partial charge in [-0.15, -0.1) is 0 Å². The van der Waals surface area contributed by atoms with E-state index in [0.717, 1.165) is 12.2 Å². The van der Waals surface area contributed by atoms with Gasteiger partial charge in [0.25, 0.3) is 0 Å². The molecule has 0 bridgehead atoms. The van der Waals surface area contributed by atoms with Crippen LogP contribution in [0.15, 0.2) is 36.4 Å². The summed E-state index contributed by atoms with van der Waals surface area (Å²) >= 11 is 0. The zero-order chi connectivity index (χ0) is 18.1. The number of carbonyl (C=O) groups excluding carboxylic acids is 2. The molecular weight excluding hydrogens is 320 g/mol. The number of allylic oxidation sites excluding steroid dienone is 1. The van der Waals surface area contributed by atoms with Gasteiger partial charge in [0.1, 0.15) is 17.6 Å². The predicted octanol–water partition coefficient (Wildman–Crippen LogP) is 4.06. The third kappa shape index (κ3) is 6.25. The number of hydrogen-bond donors (Lipinski definition) is 0. The first-order chi connectivity index (χ1) is 12.1. The van der Waals surface area contributed by atoms with E-state index in [-0.39, 0.29) is 24.0 Å². The van der Waals surface area contributed by atoms with Gasteiger partial charge in [-0.05, 0) is 63.3 Å². The molecule has 1 saturated carbocycles. The molecule has 2 rings (SSSR count). The molecule has 136 valence electrons. The zero-order valence-electron chi connectivity index (χ0n) is 14.9. The fourth-order valence-corrected chi connectivity index (χ4v) is 2.78. The Bertz CT molecular complexity index is 583. The third-order valence-electron chi connectivity index (χ3n) is 4.11. The molecule has 0 atom stereocenters. The van der Waals surface area contributed by atoms with Crippen molar-refractivity contribution in [3.8, 4) is 11.5 Å². The van der Waals surface area contributed by atoms with Crippen molar-refractivity contribution in [2.75, 3.05) is 6.61 Å². The SMILES string of the molecule is CC=CC(=O)OC1CCC(C(=O)Oc2ccc(OCCC)cc2)CC1. The summed E-state index contributed by atoms with van der Waals surface area (Å²) in [5, 5.41) is 0. The van der Waals surface area contributed by atoms with E-state index < -0.39 is 0 Å². The molecule has 1 aliphatic rings. The van der Waals surface area contributed by atoms with E-state index in [1.165, 1.54) is 6.08 Å². The van der Waals surface area contributed by atoms with Crippen molar-refractivity contribution in [2.24, 2.45) is 5.92 Å². The summed E-state index contributed by atoms with van der Waals surface area (Å²) in [6.45, 7) is 4.49. The minimum absolute atomic E-state index is 0.109. The third-order valence-corrected chi connectivity index (χ3v) is 4.11. The average Bonchev–Trinajstić information content (AvgIpc) is 2.62. The molecule has 0 amide bonds. The van der Waals surface area contributed by atoms with Gasteiger partial charge in [-0.25, -0.2) is 4.79 Å². The number of rotatable bonds is 7. The molecule has 5 heteroatoms. The first-order valence-corrected chi connectivity index (χ1v) is 8.90. The molecule has 25 heavy (non-hydrogen) atoms. The first kappa shape index (κ1) is 19.0. The van der Waals surface area contributed by atoms with Crippen LogP contribution in [0.4, 0.5) is 0 Å². The zero-order valence-corrected chi connectivity index (χ0v) is 14.9. The Morgan fingerprint density at radius 3 is 2.32 bits per heavy atom. The molecule has 0 spiro atoms. The smallest absolute Gasteiger partial charge is 0.330 e. The van der Waals surface area contributed by atoms with Crippen molar-refractivity contribution < 1.29 is 23.8 Å². The largest absolute Gasteiger partial charge is 0.494 e. The Balaban J connectivity index is 1.77. The van der Waals surface area contributed by atoms with Crippen molar-refractivity contribution in [3.05, 3.63) is 36.4 Å². The van der Waals surface area contributed by atoms with E-state index in [9.17, 15) is 9.59 Å². The van der Waals surface area contributed by atoms with Gasteiger partial charge in [-0.2, -0.15) is 0 Å². The number of carbonyl (C=O) groups is 2. The van der Waals surface area contributed by atoms with Crippen molar-refractivity contribution >= 4 is 11.9 Å². The highest BCUT2D eigenvalue weighted by molar-refractivity contribution is 5.82. The molecule has 0 unspecified atom stereocenters. The Morgan fingerprint density at radius 2 is 1.72 bits per heavy atom. The summed E-state index contributed by atoms with van der Waals surface area (Å²) in [7, 11) is 0. The summed E-state index contributed by atoms with van der Waals surface area (Å²) < 4.78 is 16.3. The van der Waals surface area contributed by atoms with E-state index >= 15 is 0 Å². The van der Waals surface area contributed by atoms with Crippen LogP contribution in [0.5, 0.6) is 11.5 Å². The molecule has 0 heterocycles. The second kappa shape index (κ2) is 9.87. The predicted molar refractivity (Wildman–Crippen MR) is 94.5 cm³/mol. The van der Waals surface area contributed by atoms with Gasteiger partial charge in [-0.3, -0.25) is 4.79 Å². The molecule has 0 radical (unpaired) electrons. The highest BCUT2D eigenvalue weighted by Crippen LogP contribution is 2.28. The lowest BCUT2D eigenvalue weighted by Gasteiger charge is -2.26. The van der Waals surface area contributed by atoms with Gasteiger partial charge < -0.3 is 14.2 Å². The van der Waals surface area contributed by atoms with Crippen LogP contribution in [-0.2, 0) is 14.3 Å². The molecule has 5 nitrogen and oxygen atoms in total. The lowest BCUT2D eigenvalue weighted by atomic mass is 9.87. The molecule has 1 aromatic rings. The Kier molecular flexibility index (Phi) is 7.51. The van der Waals surface area contributed by atoms with Crippen LogP contribution in [0.1, 0.15) is 46.0 Å². The van der Waals surface area contributed by atoms with E-state index in [1.807, 2.05) is 6.92 Å². The maximum absolute atomic E-state index is 12.3. The van der Waals surface area contributed by atoms with E-state index in [0.29, 0.717) is 38.0 Å². The molecule has 1 fully saturated rings. The topological polar surface area (TPSA) is 61.8 Å². The van der Waals surface area contributed by atoms with Crippen LogP contribution in [-0.4, -0.2) is 24.6 Å². The van der Waals surface area contributed by atoms with Crippen LogP contribution < -0.4 is 9.47 Å². The maximum Gasteiger partial charge on any atom is 0.330 e. The Morgan fingerprint density at radius 1 is 1.08 bits per heavy atom. The Labute approximate surface area is 149 Å². The summed E-state index contributed by atoms with van der Waals surface area (Å²) in [4.78, 5) is 23.7. The van der Waals surface area contributed by atoms with Crippen LogP contribution >= 0.6 is 0 Å². The van der Waals surface area contributed by atoms with E-state index in [2.05, 4.69) is 0 Å². The second-order valence-corrected chi connectivity index (χ2v) is 6.15. The lowest BCUT2D eigenvalue weighted by molar-refractivity contribution is -0.147. The molecule has 0 saturated heterocycles. The molecule has 0 aliphatic heterocycles. The van der Waals surface area contributed by atoms with Gasteiger partial charge in [0, 0.05) is 6.08 Å². The van der Waals surface area contributed by atoms with Crippen LogP contribution in [0, 0.1) is 5.92 Å². The molecule has 1 aromatic carbocycles. The fourth-order valence-electron chi connectivity index (χ4n) is 2.78. The normalized spacial score (nSPS) is 20.2. The minimum atomic E-state index is -0.320. The molecule has 0 aromatic heterocycles. The monoisotopic (exact) mass is 346 g/mol. The van der Waals surface area contributed by atoms with Crippen LogP contribution in [0.3, 0.4) is 0 Å². The van der Waals surface area contributed by atoms with Gasteiger partial charge in [0.05, 0.1) is 12.5 Å². The molecular formula is C20H26O5. The van der Waals surface area contributed by atoms with Gasteiger partial charge >= 0.3 is 11.9 Å². The highest BCUT2D eigenvalue weighted by atomic mass is 16.5. The lowest BCUT2D eigenvalue weighted by Crippen LogP contribution is -2.29. The standard InChI is InChI=1S/C20H26O5/c1-3-5-19(21)24-17-8-6-15(7-9-17)20(22)25-18-12-10-16(11-13-18)23-14-4-2/h3,5,10-13,15,17H,4,6-9,14H2,1-2H3. The number of benzene rings is 1. The number of hydrogen-bond acceptors (Lipinski definition) is 5. The van der Waals surface area contributed by atoms with Crippen molar-refractivity contribution in [2.45, 2.75) is 52.1 Å². The van der Waals surface area contributed by atoms with Crippen molar-refractivity contribution in [1.29, 1.82) is 0 Å². The summed E-state index contributed by atoms with van der Waals surface area (Å²) in [6, 6.07) is 7.09. The molecule has 1 aliphatic carbocycles. The highest BCUT2D eigenvalue weighted by Gasteiger charge is 2.29. The Hall–Kier alpha value is -2.30. The van der Waals surface area contributed by atoms with Crippen LogP contribution in [0.2, 0.25) is 0 Å². The minimum Gasteiger partial charge on any atom is -0.494 e. The average molecular weight is 346 g/mol. The van der Waals surface area contributed by atoms with Gasteiger partial charge in [-0.1, -0.05) is 13.0 Å². The fraction of sp³-hybridized carbons (Fsp3) is 0.500. The van der Waals surface area contributed by atoms with Crippen molar-refractivity contribution in [3.63, 3.8) is 0 Å².